The molecule has 0 heterocycles. The van der Waals surface area contributed by atoms with Crippen LogP contribution in [0, 0.1) is 12.3 Å². The zero-order valence-corrected chi connectivity index (χ0v) is 12.8. The second-order valence-corrected chi connectivity index (χ2v) is 7.10. The number of anilines is 1. The van der Waals surface area contributed by atoms with E-state index in [0.29, 0.717) is 11.3 Å². The smallest absolute Gasteiger partial charge is 0.337 e. The van der Waals surface area contributed by atoms with Gasteiger partial charge in [0.05, 0.1) is 5.56 Å². The molecule has 106 valence electrons. The van der Waals surface area contributed by atoms with E-state index in [1.807, 2.05) is 19.1 Å². The Bertz CT molecular complexity index is 470. The molecule has 0 aliphatic heterocycles. The maximum Gasteiger partial charge on any atom is 0.337 e. The lowest BCUT2D eigenvalue weighted by molar-refractivity contribution is 0.0698. The first-order valence-electron chi connectivity index (χ1n) is 6.62. The molecule has 3 heteroatoms. The predicted octanol–water partition coefficient (Wildman–Crippen LogP) is 4.32. The van der Waals surface area contributed by atoms with E-state index < -0.39 is 5.97 Å². The van der Waals surface area contributed by atoms with Gasteiger partial charge in [-0.3, -0.25) is 0 Å². The Morgan fingerprint density at radius 2 is 1.79 bits per heavy atom. The van der Waals surface area contributed by atoms with Gasteiger partial charge in [-0.2, -0.15) is 0 Å². The second kappa shape index (κ2) is 5.24. The summed E-state index contributed by atoms with van der Waals surface area (Å²) in [5.74, 6) is -0.894. The van der Waals surface area contributed by atoms with E-state index in [0.717, 1.165) is 12.0 Å². The highest BCUT2D eigenvalue weighted by atomic mass is 16.4. The summed E-state index contributed by atoms with van der Waals surface area (Å²) in [4.78, 5) is 11.3. The fourth-order valence-corrected chi connectivity index (χ4v) is 2.68. The Kier molecular flexibility index (Phi) is 4.28. The first kappa shape index (κ1) is 15.5. The molecule has 0 saturated heterocycles. The van der Waals surface area contributed by atoms with Crippen molar-refractivity contribution < 1.29 is 9.90 Å². The van der Waals surface area contributed by atoms with Gasteiger partial charge in [0.1, 0.15) is 0 Å². The van der Waals surface area contributed by atoms with Crippen LogP contribution in [-0.2, 0) is 0 Å². The third-order valence-electron chi connectivity index (χ3n) is 2.85. The van der Waals surface area contributed by atoms with Crippen LogP contribution in [0.1, 0.15) is 57.0 Å². The van der Waals surface area contributed by atoms with Gasteiger partial charge in [-0.25, -0.2) is 4.79 Å². The first-order valence-corrected chi connectivity index (χ1v) is 6.62. The van der Waals surface area contributed by atoms with E-state index in [1.54, 1.807) is 6.07 Å². The van der Waals surface area contributed by atoms with Crippen LogP contribution in [0.4, 0.5) is 5.69 Å². The normalized spacial score (nSPS) is 12.3. The fourth-order valence-electron chi connectivity index (χ4n) is 2.68. The summed E-state index contributed by atoms with van der Waals surface area (Å²) < 4.78 is 0. The van der Waals surface area contributed by atoms with Crippen LogP contribution < -0.4 is 5.32 Å². The molecule has 0 aliphatic carbocycles. The lowest BCUT2D eigenvalue weighted by Gasteiger charge is -2.34. The van der Waals surface area contributed by atoms with Gasteiger partial charge >= 0.3 is 5.97 Å². The first-order chi connectivity index (χ1) is 8.50. The van der Waals surface area contributed by atoms with E-state index in [-0.39, 0.29) is 11.0 Å². The molecule has 19 heavy (non-hydrogen) atoms. The Morgan fingerprint density at radius 3 is 2.26 bits per heavy atom. The highest BCUT2D eigenvalue weighted by molar-refractivity contribution is 5.94. The van der Waals surface area contributed by atoms with Crippen molar-refractivity contribution in [3.63, 3.8) is 0 Å². The third-order valence-corrected chi connectivity index (χ3v) is 2.85. The highest BCUT2D eigenvalue weighted by Gasteiger charge is 2.26. The molecule has 0 amide bonds. The van der Waals surface area contributed by atoms with Crippen molar-refractivity contribution >= 4 is 11.7 Å². The number of benzene rings is 1. The molecule has 2 N–H and O–H groups in total. The van der Waals surface area contributed by atoms with Gasteiger partial charge in [-0.1, -0.05) is 26.8 Å². The Morgan fingerprint density at radius 1 is 1.21 bits per heavy atom. The second-order valence-electron chi connectivity index (χ2n) is 7.10. The number of nitrogens with one attached hydrogen (secondary N) is 1. The Hall–Kier alpha value is -1.51. The molecule has 0 atom stereocenters. The van der Waals surface area contributed by atoms with Crippen LogP contribution in [0.15, 0.2) is 18.2 Å². The molecule has 1 aromatic rings. The molecule has 0 radical (unpaired) electrons. The van der Waals surface area contributed by atoms with Crippen molar-refractivity contribution in [1.29, 1.82) is 0 Å². The molecule has 3 nitrogen and oxygen atoms in total. The van der Waals surface area contributed by atoms with Crippen molar-refractivity contribution in [2.75, 3.05) is 5.32 Å². The average Bonchev–Trinajstić information content (AvgIpc) is 2.11. The van der Waals surface area contributed by atoms with Crippen molar-refractivity contribution in [1.82, 2.24) is 0 Å². The molecule has 0 aliphatic rings. The quantitative estimate of drug-likeness (QED) is 0.850. The Balaban J connectivity index is 3.04. The van der Waals surface area contributed by atoms with Crippen LogP contribution in [0.5, 0.6) is 0 Å². The predicted molar refractivity (Wildman–Crippen MR) is 79.9 cm³/mol. The lowest BCUT2D eigenvalue weighted by atomic mass is 9.81. The summed E-state index contributed by atoms with van der Waals surface area (Å²) >= 11 is 0. The SMILES string of the molecule is Cc1ccc(C(=O)O)c(NC(C)(C)CC(C)(C)C)c1. The molecule has 1 rings (SSSR count). The lowest BCUT2D eigenvalue weighted by Crippen LogP contribution is -2.36. The number of aryl methyl sites for hydroxylation is 1. The topological polar surface area (TPSA) is 49.3 Å². The van der Waals surface area contributed by atoms with Crippen LogP contribution in [0.25, 0.3) is 0 Å². The minimum atomic E-state index is -0.894. The van der Waals surface area contributed by atoms with Crippen LogP contribution in [0.2, 0.25) is 0 Å². The fraction of sp³-hybridized carbons (Fsp3) is 0.562. The van der Waals surface area contributed by atoms with Crippen molar-refractivity contribution in [3.8, 4) is 0 Å². The summed E-state index contributed by atoms with van der Waals surface area (Å²) in [5, 5.41) is 12.6. The molecule has 0 fully saturated rings. The number of carboxylic acids is 1. The molecule has 0 aromatic heterocycles. The maximum absolute atomic E-state index is 11.3. The van der Waals surface area contributed by atoms with E-state index in [1.165, 1.54) is 0 Å². The van der Waals surface area contributed by atoms with Gasteiger partial charge in [0.2, 0.25) is 0 Å². The molecule has 0 saturated carbocycles. The minimum absolute atomic E-state index is 0.157. The molecule has 0 spiro atoms. The van der Waals surface area contributed by atoms with Crippen molar-refractivity contribution in [2.24, 2.45) is 5.41 Å². The minimum Gasteiger partial charge on any atom is -0.478 e. The third kappa shape index (κ3) is 4.93. The standard InChI is InChI=1S/C16H25NO2/c1-11-7-8-12(14(18)19)13(9-11)17-16(5,6)10-15(2,3)4/h7-9,17H,10H2,1-6H3,(H,18,19). The van der Waals surface area contributed by atoms with E-state index in [9.17, 15) is 9.90 Å². The van der Waals surface area contributed by atoms with Gasteiger partial charge in [-0.15, -0.1) is 0 Å². The number of aromatic carboxylic acids is 1. The molecular weight excluding hydrogens is 238 g/mol. The van der Waals surface area contributed by atoms with E-state index in [2.05, 4.69) is 39.9 Å². The number of hydrogen-bond acceptors (Lipinski definition) is 2. The van der Waals surface area contributed by atoms with Crippen LogP contribution in [-0.4, -0.2) is 16.6 Å². The molecule has 1 aromatic carbocycles. The largest absolute Gasteiger partial charge is 0.478 e. The van der Waals surface area contributed by atoms with Gasteiger partial charge in [0.15, 0.2) is 0 Å². The van der Waals surface area contributed by atoms with Crippen LogP contribution >= 0.6 is 0 Å². The molecular formula is C16H25NO2. The highest BCUT2D eigenvalue weighted by Crippen LogP contribution is 2.31. The summed E-state index contributed by atoms with van der Waals surface area (Å²) in [6.07, 6.45) is 0.951. The summed E-state index contributed by atoms with van der Waals surface area (Å²) in [6.45, 7) is 12.7. The van der Waals surface area contributed by atoms with Gasteiger partial charge < -0.3 is 10.4 Å². The van der Waals surface area contributed by atoms with Gasteiger partial charge in [0, 0.05) is 11.2 Å². The van der Waals surface area contributed by atoms with Gasteiger partial charge in [0.25, 0.3) is 0 Å². The number of carboxylic acid groups (broad SMARTS) is 1. The van der Waals surface area contributed by atoms with Crippen LogP contribution in [0.3, 0.4) is 0 Å². The summed E-state index contributed by atoms with van der Waals surface area (Å²) in [7, 11) is 0. The molecule has 0 bridgehead atoms. The number of rotatable bonds is 4. The van der Waals surface area contributed by atoms with E-state index >= 15 is 0 Å². The average molecular weight is 263 g/mol. The van der Waals surface area contributed by atoms with Crippen molar-refractivity contribution in [3.05, 3.63) is 29.3 Å². The number of carbonyl (C=O) groups is 1. The summed E-state index contributed by atoms with van der Waals surface area (Å²) in [6, 6.07) is 5.38. The maximum atomic E-state index is 11.3. The number of hydrogen-bond donors (Lipinski definition) is 2. The zero-order chi connectivity index (χ0) is 14.8. The monoisotopic (exact) mass is 263 g/mol. The zero-order valence-electron chi connectivity index (χ0n) is 12.8. The van der Waals surface area contributed by atoms with Crippen molar-refractivity contribution in [2.45, 2.75) is 53.5 Å². The van der Waals surface area contributed by atoms with E-state index in [4.69, 9.17) is 0 Å². The van der Waals surface area contributed by atoms with Gasteiger partial charge in [-0.05, 0) is 50.3 Å². The summed E-state index contributed by atoms with van der Waals surface area (Å²) in [5.41, 5.74) is 2.10. The Labute approximate surface area is 116 Å². The molecule has 0 unspecified atom stereocenters.